The molecule has 2 aromatic carbocycles. The van der Waals surface area contributed by atoms with Crippen LogP contribution in [0.15, 0.2) is 36.5 Å². The van der Waals surface area contributed by atoms with Crippen molar-refractivity contribution in [2.24, 2.45) is 0 Å². The van der Waals surface area contributed by atoms with Crippen LogP contribution in [0.1, 0.15) is 59.1 Å². The maximum Gasteiger partial charge on any atom is 0.410 e. The molecule has 198 valence electrons. The molecule has 3 aromatic rings. The van der Waals surface area contributed by atoms with E-state index in [2.05, 4.69) is 5.10 Å². The first kappa shape index (κ1) is 25.7. The van der Waals surface area contributed by atoms with E-state index < -0.39 is 5.60 Å². The number of rotatable bonds is 5. The number of carbonyl (C=O) groups excluding carboxylic acids is 1. The zero-order valence-electron chi connectivity index (χ0n) is 21.7. The summed E-state index contributed by atoms with van der Waals surface area (Å²) in [7, 11) is 1.77. The summed E-state index contributed by atoms with van der Waals surface area (Å²) >= 11 is 6.51. The molecule has 8 nitrogen and oxygen atoms in total. The van der Waals surface area contributed by atoms with Crippen LogP contribution in [-0.2, 0) is 9.47 Å². The largest absolute Gasteiger partial charge is 0.508 e. The van der Waals surface area contributed by atoms with Gasteiger partial charge in [0.15, 0.2) is 6.23 Å². The fraction of sp³-hybridized carbons (Fsp3) is 0.500. The Morgan fingerprint density at radius 3 is 2.68 bits per heavy atom. The van der Waals surface area contributed by atoms with Crippen molar-refractivity contribution in [3.63, 3.8) is 0 Å². The molecular formula is C28H34ClN3O5. The average molecular weight is 528 g/mol. The zero-order valence-corrected chi connectivity index (χ0v) is 22.5. The highest BCUT2D eigenvalue weighted by Gasteiger charge is 2.37. The van der Waals surface area contributed by atoms with Gasteiger partial charge in [0.1, 0.15) is 23.2 Å². The standard InChI is InChI=1S/C28H34ClN3O5/c1-28(2,3)37-27(34)31(4)18-13-20(14-18)36-25-12-17(21-9-8-19(33)15-23(21)29)11-24-22(25)16-30-32(24)26-7-5-6-10-35-26/h8-9,11-12,15-16,18,20,26,33H,5-7,10,13-14H2,1-4H3. The van der Waals surface area contributed by atoms with Crippen molar-refractivity contribution in [2.75, 3.05) is 13.7 Å². The van der Waals surface area contributed by atoms with Gasteiger partial charge in [-0.2, -0.15) is 5.10 Å². The monoisotopic (exact) mass is 527 g/mol. The molecule has 1 saturated heterocycles. The molecule has 1 saturated carbocycles. The third-order valence-electron chi connectivity index (χ3n) is 6.96. The second-order valence-electron chi connectivity index (χ2n) is 10.9. The summed E-state index contributed by atoms with van der Waals surface area (Å²) in [4.78, 5) is 14.1. The molecule has 1 aliphatic carbocycles. The Bertz CT molecular complexity index is 1290. The predicted octanol–water partition coefficient (Wildman–Crippen LogP) is 6.54. The number of hydrogen-bond donors (Lipinski definition) is 1. The average Bonchev–Trinajstić information content (AvgIpc) is 3.24. The summed E-state index contributed by atoms with van der Waals surface area (Å²) in [6.45, 7) is 6.31. The highest BCUT2D eigenvalue weighted by Crippen LogP contribution is 2.40. The van der Waals surface area contributed by atoms with Gasteiger partial charge in [0.2, 0.25) is 0 Å². The number of phenols is 1. The van der Waals surface area contributed by atoms with Gasteiger partial charge >= 0.3 is 6.09 Å². The van der Waals surface area contributed by atoms with Crippen molar-refractivity contribution in [2.45, 2.75) is 76.9 Å². The van der Waals surface area contributed by atoms with E-state index in [0.29, 0.717) is 30.2 Å². The van der Waals surface area contributed by atoms with E-state index in [1.54, 1.807) is 24.1 Å². The lowest BCUT2D eigenvalue weighted by Crippen LogP contribution is -2.51. The molecule has 0 bridgehead atoms. The summed E-state index contributed by atoms with van der Waals surface area (Å²) < 4.78 is 19.9. The molecule has 1 atom stereocenters. The Morgan fingerprint density at radius 1 is 1.22 bits per heavy atom. The van der Waals surface area contributed by atoms with E-state index in [-0.39, 0.29) is 30.2 Å². The lowest BCUT2D eigenvalue weighted by molar-refractivity contribution is -0.0366. The first-order valence-corrected chi connectivity index (χ1v) is 13.2. The number of amides is 1. The first-order valence-electron chi connectivity index (χ1n) is 12.8. The Kier molecular flexibility index (Phi) is 6.98. The molecule has 1 unspecified atom stereocenters. The highest BCUT2D eigenvalue weighted by atomic mass is 35.5. The van der Waals surface area contributed by atoms with Gasteiger partial charge in [-0.15, -0.1) is 0 Å². The van der Waals surface area contributed by atoms with Gasteiger partial charge in [-0.05, 0) is 75.9 Å². The van der Waals surface area contributed by atoms with Gasteiger partial charge in [-0.1, -0.05) is 11.6 Å². The van der Waals surface area contributed by atoms with E-state index in [1.165, 1.54) is 6.07 Å². The molecule has 1 N–H and O–H groups in total. The number of aromatic nitrogens is 2. The van der Waals surface area contributed by atoms with Gasteiger partial charge in [0.05, 0.1) is 22.1 Å². The number of fused-ring (bicyclic) bond motifs is 1. The van der Waals surface area contributed by atoms with Crippen molar-refractivity contribution in [3.8, 4) is 22.6 Å². The van der Waals surface area contributed by atoms with Crippen molar-refractivity contribution in [1.82, 2.24) is 14.7 Å². The van der Waals surface area contributed by atoms with Gasteiger partial charge in [0.25, 0.3) is 0 Å². The maximum atomic E-state index is 12.5. The summed E-state index contributed by atoms with van der Waals surface area (Å²) in [5, 5.41) is 15.9. The highest BCUT2D eigenvalue weighted by molar-refractivity contribution is 6.33. The molecule has 0 radical (unpaired) electrons. The number of nitrogens with zero attached hydrogens (tertiary/aromatic N) is 3. The van der Waals surface area contributed by atoms with Gasteiger partial charge in [-0.3, -0.25) is 0 Å². The minimum Gasteiger partial charge on any atom is -0.508 e. The number of benzene rings is 2. The molecule has 1 aliphatic heterocycles. The van der Waals surface area contributed by atoms with Crippen molar-refractivity contribution >= 4 is 28.6 Å². The molecule has 37 heavy (non-hydrogen) atoms. The van der Waals surface area contributed by atoms with Crippen LogP contribution in [0.5, 0.6) is 11.5 Å². The smallest absolute Gasteiger partial charge is 0.410 e. The number of phenolic OH excluding ortho intramolecular Hbond substituents is 1. The first-order chi connectivity index (χ1) is 17.6. The van der Waals surface area contributed by atoms with E-state index >= 15 is 0 Å². The Labute approximate surface area is 222 Å². The molecule has 2 heterocycles. The molecule has 0 spiro atoms. The van der Waals surface area contributed by atoms with Crippen LogP contribution < -0.4 is 4.74 Å². The summed E-state index contributed by atoms with van der Waals surface area (Å²) in [5.74, 6) is 0.823. The van der Waals surface area contributed by atoms with Crippen LogP contribution in [0.2, 0.25) is 5.02 Å². The number of ether oxygens (including phenoxy) is 3. The fourth-order valence-corrected chi connectivity index (χ4v) is 5.15. The summed E-state index contributed by atoms with van der Waals surface area (Å²) in [5.41, 5.74) is 2.03. The molecule has 5 rings (SSSR count). The summed E-state index contributed by atoms with van der Waals surface area (Å²) in [6.07, 6.45) is 5.80. The molecule has 2 fully saturated rings. The Morgan fingerprint density at radius 2 is 2.00 bits per heavy atom. The lowest BCUT2D eigenvalue weighted by Gasteiger charge is -2.41. The van der Waals surface area contributed by atoms with Gasteiger partial charge in [-0.25, -0.2) is 9.48 Å². The normalized spacial score (nSPS) is 21.9. The summed E-state index contributed by atoms with van der Waals surface area (Å²) in [6, 6.07) is 9.03. The molecule has 2 aliphatic rings. The SMILES string of the molecule is CN(C(=O)OC(C)(C)C)C1CC(Oc2cc(-c3ccc(O)cc3Cl)cc3c2cnn3C2CCCCO2)C1. The Balaban J connectivity index is 1.42. The van der Waals surface area contributed by atoms with Crippen LogP contribution in [0.25, 0.3) is 22.0 Å². The van der Waals surface area contributed by atoms with E-state index in [9.17, 15) is 9.90 Å². The topological polar surface area (TPSA) is 86.0 Å². The number of hydrogen-bond acceptors (Lipinski definition) is 6. The number of aromatic hydroxyl groups is 1. The minimum absolute atomic E-state index is 0.0436. The van der Waals surface area contributed by atoms with Crippen LogP contribution >= 0.6 is 11.6 Å². The quantitative estimate of drug-likeness (QED) is 0.405. The zero-order chi connectivity index (χ0) is 26.3. The molecule has 1 aromatic heterocycles. The van der Waals surface area contributed by atoms with Crippen LogP contribution in [-0.4, -0.2) is 57.3 Å². The maximum absolute atomic E-state index is 12.5. The Hall–Kier alpha value is -2.97. The van der Waals surface area contributed by atoms with Crippen LogP contribution in [0.3, 0.4) is 0 Å². The van der Waals surface area contributed by atoms with E-state index in [4.69, 9.17) is 25.8 Å². The van der Waals surface area contributed by atoms with Gasteiger partial charge < -0.3 is 24.2 Å². The minimum atomic E-state index is -0.533. The predicted molar refractivity (Wildman–Crippen MR) is 142 cm³/mol. The number of halogens is 1. The second-order valence-corrected chi connectivity index (χ2v) is 11.3. The second kappa shape index (κ2) is 10.1. The van der Waals surface area contributed by atoms with Crippen LogP contribution in [0.4, 0.5) is 4.79 Å². The lowest BCUT2D eigenvalue weighted by atomic mass is 9.88. The molecular weight excluding hydrogens is 494 g/mol. The number of carbonyl (C=O) groups is 1. The van der Waals surface area contributed by atoms with Crippen LogP contribution in [0, 0.1) is 0 Å². The molecule has 1 amide bonds. The fourth-order valence-electron chi connectivity index (χ4n) is 4.86. The van der Waals surface area contributed by atoms with E-state index in [0.717, 1.165) is 41.3 Å². The van der Waals surface area contributed by atoms with Crippen molar-refractivity contribution in [1.29, 1.82) is 0 Å². The molecule has 9 heteroatoms. The van der Waals surface area contributed by atoms with Crippen molar-refractivity contribution < 1.29 is 24.1 Å². The van der Waals surface area contributed by atoms with Crippen molar-refractivity contribution in [3.05, 3.63) is 41.6 Å². The third kappa shape index (κ3) is 5.50. The van der Waals surface area contributed by atoms with E-state index in [1.807, 2.05) is 43.8 Å². The third-order valence-corrected chi connectivity index (χ3v) is 7.28. The van der Waals surface area contributed by atoms with Gasteiger partial charge in [0, 0.05) is 38.1 Å².